The molecule has 0 atom stereocenters. The summed E-state index contributed by atoms with van der Waals surface area (Å²) in [6, 6.07) is 7.37. The number of rotatable bonds is 7. The van der Waals surface area contributed by atoms with Gasteiger partial charge in [0.2, 0.25) is 5.13 Å². The molecule has 10 heteroatoms. The predicted octanol–water partition coefficient (Wildman–Crippen LogP) is 3.08. The van der Waals surface area contributed by atoms with Gasteiger partial charge in [-0.25, -0.2) is 9.78 Å². The third kappa shape index (κ3) is 3.97. The lowest BCUT2D eigenvalue weighted by Crippen LogP contribution is -2.09. The smallest absolute Gasteiger partial charge is 0.345 e. The Morgan fingerprint density at radius 3 is 2.92 bits per heavy atom. The highest BCUT2D eigenvalue weighted by Crippen LogP contribution is 2.29. The maximum Gasteiger partial charge on any atom is 0.345 e. The van der Waals surface area contributed by atoms with Gasteiger partial charge in [0.15, 0.2) is 4.34 Å². The average molecular weight is 391 g/mol. The number of benzene rings is 1. The quantitative estimate of drug-likeness (QED) is 0.244. The topological polar surface area (TPSA) is 113 Å². The van der Waals surface area contributed by atoms with E-state index in [4.69, 9.17) is 4.74 Å². The summed E-state index contributed by atoms with van der Waals surface area (Å²) in [7, 11) is 1.26. The SMILES string of the molecule is CCNc1nnc(SC/C(O)=C(\C(=O)OC)c2nc3ccccc3[nH]2)s1. The summed E-state index contributed by atoms with van der Waals surface area (Å²) in [5, 5.41) is 22.3. The molecule has 0 aliphatic heterocycles. The summed E-state index contributed by atoms with van der Waals surface area (Å²) in [4.78, 5) is 19.6. The Bertz CT molecular complexity index is 917. The predicted molar refractivity (Wildman–Crippen MR) is 102 cm³/mol. The van der Waals surface area contributed by atoms with Crippen molar-refractivity contribution in [1.29, 1.82) is 0 Å². The Balaban J connectivity index is 1.85. The third-order valence-corrected chi connectivity index (χ3v) is 5.40. The zero-order valence-corrected chi connectivity index (χ0v) is 15.8. The maximum atomic E-state index is 12.2. The Hall–Kier alpha value is -2.59. The molecule has 0 unspecified atom stereocenters. The Labute approximate surface area is 157 Å². The molecule has 1 aromatic carbocycles. The molecule has 0 fully saturated rings. The minimum absolute atomic E-state index is 0.00706. The molecular formula is C16H17N5O3S2. The van der Waals surface area contributed by atoms with Crippen molar-refractivity contribution in [2.24, 2.45) is 0 Å². The summed E-state index contributed by atoms with van der Waals surface area (Å²) < 4.78 is 5.49. The number of hydrogen-bond acceptors (Lipinski definition) is 9. The van der Waals surface area contributed by atoms with E-state index in [9.17, 15) is 9.90 Å². The van der Waals surface area contributed by atoms with Crippen molar-refractivity contribution in [3.05, 3.63) is 35.8 Å². The second-order valence-electron chi connectivity index (χ2n) is 5.11. The van der Waals surface area contributed by atoms with Crippen LogP contribution >= 0.6 is 23.1 Å². The molecule has 0 saturated carbocycles. The van der Waals surface area contributed by atoms with Crippen LogP contribution < -0.4 is 5.32 Å². The number of nitrogens with one attached hydrogen (secondary N) is 2. The normalized spacial score (nSPS) is 12.1. The summed E-state index contributed by atoms with van der Waals surface area (Å²) >= 11 is 2.66. The van der Waals surface area contributed by atoms with Crippen LogP contribution in [0.15, 0.2) is 34.4 Å². The van der Waals surface area contributed by atoms with Crippen molar-refractivity contribution in [3.8, 4) is 0 Å². The van der Waals surface area contributed by atoms with Crippen LogP contribution in [0.3, 0.4) is 0 Å². The number of aliphatic hydroxyl groups is 1. The molecule has 3 N–H and O–H groups in total. The number of nitrogens with zero attached hydrogens (tertiary/aromatic N) is 3. The van der Waals surface area contributed by atoms with Crippen molar-refractivity contribution in [3.63, 3.8) is 0 Å². The molecule has 136 valence electrons. The van der Waals surface area contributed by atoms with E-state index in [1.165, 1.54) is 30.2 Å². The summed E-state index contributed by atoms with van der Waals surface area (Å²) in [5.74, 6) is -0.391. The highest BCUT2D eigenvalue weighted by atomic mass is 32.2. The first-order valence-corrected chi connectivity index (χ1v) is 9.58. The van der Waals surface area contributed by atoms with E-state index in [0.717, 1.165) is 12.1 Å². The molecular weight excluding hydrogens is 374 g/mol. The summed E-state index contributed by atoms with van der Waals surface area (Å²) in [5.41, 5.74) is 1.47. The average Bonchev–Trinajstić information content (AvgIpc) is 3.26. The molecule has 0 amide bonds. The van der Waals surface area contributed by atoms with E-state index >= 15 is 0 Å². The number of aliphatic hydroxyl groups excluding tert-OH is 1. The number of esters is 1. The molecule has 0 spiro atoms. The van der Waals surface area contributed by atoms with Gasteiger partial charge in [0, 0.05) is 6.54 Å². The fourth-order valence-electron chi connectivity index (χ4n) is 2.22. The second-order valence-corrected chi connectivity index (χ2v) is 7.31. The van der Waals surface area contributed by atoms with Crippen LogP contribution in [0.2, 0.25) is 0 Å². The molecule has 2 heterocycles. The number of carbonyl (C=O) groups excluding carboxylic acids is 1. The lowest BCUT2D eigenvalue weighted by Gasteiger charge is -2.06. The number of anilines is 1. The molecule has 0 aliphatic rings. The first-order chi connectivity index (χ1) is 12.6. The highest BCUT2D eigenvalue weighted by Gasteiger charge is 2.22. The summed E-state index contributed by atoms with van der Waals surface area (Å²) in [6.07, 6.45) is 0. The van der Waals surface area contributed by atoms with Gasteiger partial charge in [-0.3, -0.25) is 0 Å². The zero-order valence-electron chi connectivity index (χ0n) is 14.1. The van der Waals surface area contributed by atoms with Crippen LogP contribution in [0.4, 0.5) is 5.13 Å². The number of carbonyl (C=O) groups is 1. The molecule has 0 saturated heterocycles. The zero-order chi connectivity index (χ0) is 18.5. The third-order valence-electron chi connectivity index (χ3n) is 3.37. The van der Waals surface area contributed by atoms with Crippen LogP contribution in [0.1, 0.15) is 12.7 Å². The fourth-order valence-corrected chi connectivity index (χ4v) is 3.92. The lowest BCUT2D eigenvalue weighted by molar-refractivity contribution is -0.133. The Kier molecular flexibility index (Phi) is 5.74. The molecule has 3 aromatic rings. The van der Waals surface area contributed by atoms with E-state index in [1.54, 1.807) is 0 Å². The van der Waals surface area contributed by atoms with Crippen molar-refractivity contribution < 1.29 is 14.6 Å². The van der Waals surface area contributed by atoms with Crippen LogP contribution in [0, 0.1) is 0 Å². The molecule has 2 aromatic heterocycles. The first-order valence-electron chi connectivity index (χ1n) is 7.78. The van der Waals surface area contributed by atoms with Gasteiger partial charge in [0.1, 0.15) is 17.2 Å². The van der Waals surface area contributed by atoms with Gasteiger partial charge in [0.25, 0.3) is 0 Å². The number of fused-ring (bicyclic) bond motifs is 1. The Morgan fingerprint density at radius 2 is 2.19 bits per heavy atom. The molecule has 8 nitrogen and oxygen atoms in total. The van der Waals surface area contributed by atoms with Gasteiger partial charge in [0.05, 0.1) is 23.9 Å². The van der Waals surface area contributed by atoms with E-state index in [0.29, 0.717) is 15.0 Å². The fraction of sp³-hybridized carbons (Fsp3) is 0.250. The van der Waals surface area contributed by atoms with E-state index in [2.05, 4.69) is 25.5 Å². The number of ether oxygens (including phenoxy) is 1. The minimum Gasteiger partial charge on any atom is -0.510 e. The number of aromatic nitrogens is 4. The molecule has 0 bridgehead atoms. The van der Waals surface area contributed by atoms with E-state index in [-0.39, 0.29) is 22.9 Å². The van der Waals surface area contributed by atoms with Gasteiger partial charge in [-0.2, -0.15) is 0 Å². The van der Waals surface area contributed by atoms with Gasteiger partial charge >= 0.3 is 5.97 Å². The van der Waals surface area contributed by atoms with Gasteiger partial charge in [-0.1, -0.05) is 35.2 Å². The largest absolute Gasteiger partial charge is 0.510 e. The van der Waals surface area contributed by atoms with E-state index in [1.807, 2.05) is 31.2 Å². The summed E-state index contributed by atoms with van der Waals surface area (Å²) in [6.45, 7) is 2.72. The van der Waals surface area contributed by atoms with E-state index < -0.39 is 5.97 Å². The molecule has 3 rings (SSSR count). The number of aromatic amines is 1. The van der Waals surface area contributed by atoms with Crippen LogP contribution in [0.5, 0.6) is 0 Å². The number of para-hydroxylation sites is 2. The Morgan fingerprint density at radius 1 is 1.38 bits per heavy atom. The molecule has 0 radical (unpaired) electrons. The van der Waals surface area contributed by atoms with Crippen LogP contribution in [-0.2, 0) is 9.53 Å². The number of hydrogen-bond donors (Lipinski definition) is 3. The lowest BCUT2D eigenvalue weighted by atomic mass is 10.2. The standard InChI is InChI=1S/C16H17N5O3S2/c1-3-17-15-20-21-16(26-15)25-8-11(22)12(14(23)24-2)13-18-9-6-4-5-7-10(9)19-13/h4-7,22H,3,8H2,1-2H3,(H,17,20)(H,18,19)/b12-11+. The highest BCUT2D eigenvalue weighted by molar-refractivity contribution is 8.01. The molecule has 0 aliphatic carbocycles. The number of methoxy groups -OCH3 is 1. The van der Waals surface area contributed by atoms with Gasteiger partial charge < -0.3 is 20.1 Å². The number of thioether (sulfide) groups is 1. The van der Waals surface area contributed by atoms with Crippen molar-refractivity contribution >= 4 is 50.8 Å². The monoisotopic (exact) mass is 391 g/mol. The van der Waals surface area contributed by atoms with Crippen molar-refractivity contribution in [1.82, 2.24) is 20.2 Å². The molecule has 26 heavy (non-hydrogen) atoms. The van der Waals surface area contributed by atoms with Crippen LogP contribution in [0.25, 0.3) is 16.6 Å². The van der Waals surface area contributed by atoms with Crippen molar-refractivity contribution in [2.45, 2.75) is 11.3 Å². The number of imidazole rings is 1. The van der Waals surface area contributed by atoms with Gasteiger partial charge in [-0.15, -0.1) is 10.2 Å². The minimum atomic E-state index is -0.659. The maximum absolute atomic E-state index is 12.2. The first kappa shape index (κ1) is 18.2. The van der Waals surface area contributed by atoms with Crippen LogP contribution in [-0.4, -0.2) is 50.6 Å². The second kappa shape index (κ2) is 8.19. The van der Waals surface area contributed by atoms with Crippen molar-refractivity contribution in [2.75, 3.05) is 24.7 Å². The van der Waals surface area contributed by atoms with Gasteiger partial charge in [-0.05, 0) is 19.1 Å². The number of H-pyrrole nitrogens is 1.